The van der Waals surface area contributed by atoms with E-state index in [4.69, 9.17) is 4.52 Å². The van der Waals surface area contributed by atoms with Crippen molar-refractivity contribution in [2.24, 2.45) is 5.41 Å². The van der Waals surface area contributed by atoms with Crippen LogP contribution >= 0.6 is 0 Å². The van der Waals surface area contributed by atoms with Gasteiger partial charge in [0.1, 0.15) is 12.2 Å². The van der Waals surface area contributed by atoms with Crippen LogP contribution in [-0.4, -0.2) is 87.9 Å². The minimum atomic E-state index is -0.533. The Hall–Kier alpha value is -3.76. The molecule has 1 spiro atoms. The van der Waals surface area contributed by atoms with E-state index in [-0.39, 0.29) is 36.1 Å². The highest BCUT2D eigenvalue weighted by molar-refractivity contribution is 6.04. The van der Waals surface area contributed by atoms with E-state index in [2.05, 4.69) is 15.5 Å². The van der Waals surface area contributed by atoms with Gasteiger partial charge in [0, 0.05) is 55.6 Å². The van der Waals surface area contributed by atoms with E-state index in [9.17, 15) is 19.2 Å². The van der Waals surface area contributed by atoms with E-state index < -0.39 is 11.9 Å². The minimum absolute atomic E-state index is 0.0722. The van der Waals surface area contributed by atoms with Gasteiger partial charge >= 0.3 is 6.03 Å². The number of nitrogens with zero attached hydrogens (tertiary/aromatic N) is 5. The quantitative estimate of drug-likeness (QED) is 0.678. The Balaban J connectivity index is 1.23. The molecule has 3 saturated heterocycles. The monoisotopic (exact) mass is 452 g/mol. The van der Waals surface area contributed by atoms with E-state index in [0.29, 0.717) is 31.9 Å². The third kappa shape index (κ3) is 4.06. The number of pyridine rings is 1. The molecule has 1 N–H and O–H groups in total. The van der Waals surface area contributed by atoms with Crippen LogP contribution in [0.5, 0.6) is 0 Å². The molecular weight excluding hydrogens is 428 g/mol. The molecule has 1 atom stereocenters. The molecule has 3 aliphatic heterocycles. The van der Waals surface area contributed by atoms with Crippen LogP contribution in [-0.2, 0) is 9.59 Å². The van der Waals surface area contributed by atoms with Crippen molar-refractivity contribution in [1.29, 1.82) is 0 Å². The summed E-state index contributed by atoms with van der Waals surface area (Å²) in [6.45, 7) is 1.84. The molecular formula is C22H24N6O5. The molecule has 0 aliphatic carbocycles. The third-order valence-corrected chi connectivity index (χ3v) is 6.65. The molecule has 3 fully saturated rings. The van der Waals surface area contributed by atoms with E-state index in [1.807, 2.05) is 6.07 Å². The van der Waals surface area contributed by atoms with Crippen LogP contribution in [0.4, 0.5) is 4.79 Å². The zero-order chi connectivity index (χ0) is 23.0. The van der Waals surface area contributed by atoms with Gasteiger partial charge < -0.3 is 19.6 Å². The number of carbonyl (C=O) groups excluding carboxylic acids is 4. The summed E-state index contributed by atoms with van der Waals surface area (Å²) in [7, 11) is 0. The van der Waals surface area contributed by atoms with Gasteiger partial charge in [0.15, 0.2) is 0 Å². The Morgan fingerprint density at radius 1 is 1.15 bits per heavy atom. The van der Waals surface area contributed by atoms with Crippen molar-refractivity contribution in [2.75, 3.05) is 39.3 Å². The highest BCUT2D eigenvalue weighted by atomic mass is 16.5. The average Bonchev–Trinajstić information content (AvgIpc) is 3.56. The summed E-state index contributed by atoms with van der Waals surface area (Å²) in [6, 6.07) is 4.73. The van der Waals surface area contributed by atoms with Gasteiger partial charge in [-0.1, -0.05) is 5.16 Å². The SMILES string of the molecule is O=C(CN1C(=O)CNC1=O)N1CCC2(CCCN(C(=O)c3cc(-c4cccnc4)no3)C2)C1. The topological polar surface area (TPSA) is 129 Å². The van der Waals surface area contributed by atoms with Gasteiger partial charge in [0.05, 0.1) is 6.54 Å². The molecule has 11 heteroatoms. The molecule has 0 aromatic carbocycles. The standard InChI is InChI=1S/C22H24N6O5/c29-18-11-24-21(32)28(18)12-19(30)26-8-5-22(13-26)4-2-7-27(14-22)20(31)17-9-16(25-33-17)15-3-1-6-23-10-15/h1,3,6,9-10H,2,4-5,7-8,11-14H2,(H,24,32). The molecule has 0 bridgehead atoms. The first-order chi connectivity index (χ1) is 15.9. The Kier molecular flexibility index (Phi) is 5.31. The smallest absolute Gasteiger partial charge is 0.325 e. The largest absolute Gasteiger partial charge is 0.350 e. The van der Waals surface area contributed by atoms with Crippen LogP contribution in [0.3, 0.4) is 0 Å². The predicted molar refractivity (Wildman–Crippen MR) is 114 cm³/mol. The third-order valence-electron chi connectivity index (χ3n) is 6.65. The Morgan fingerprint density at radius 3 is 2.76 bits per heavy atom. The lowest BCUT2D eigenvalue weighted by Crippen LogP contribution is -2.48. The predicted octanol–water partition coefficient (Wildman–Crippen LogP) is 0.743. The van der Waals surface area contributed by atoms with Gasteiger partial charge in [0.25, 0.3) is 11.8 Å². The molecule has 3 aliphatic rings. The van der Waals surface area contributed by atoms with Gasteiger partial charge in [-0.3, -0.25) is 24.3 Å². The fourth-order valence-electron chi connectivity index (χ4n) is 4.90. The highest BCUT2D eigenvalue weighted by Crippen LogP contribution is 2.39. The van der Waals surface area contributed by atoms with Gasteiger partial charge in [0.2, 0.25) is 11.7 Å². The summed E-state index contributed by atoms with van der Waals surface area (Å²) in [6.07, 6.45) is 5.81. The van der Waals surface area contributed by atoms with Crippen LogP contribution in [0.2, 0.25) is 0 Å². The van der Waals surface area contributed by atoms with Gasteiger partial charge in [-0.2, -0.15) is 0 Å². The minimum Gasteiger partial charge on any atom is -0.350 e. The lowest BCUT2D eigenvalue weighted by Gasteiger charge is -2.40. The van der Waals surface area contributed by atoms with Crippen LogP contribution in [0.1, 0.15) is 29.8 Å². The highest BCUT2D eigenvalue weighted by Gasteiger charge is 2.45. The van der Waals surface area contributed by atoms with E-state index in [1.165, 1.54) is 0 Å². The van der Waals surface area contributed by atoms with Crippen molar-refractivity contribution in [3.63, 3.8) is 0 Å². The molecule has 0 saturated carbocycles. The Morgan fingerprint density at radius 2 is 2.00 bits per heavy atom. The normalized spacial score (nSPS) is 22.8. The summed E-state index contributed by atoms with van der Waals surface area (Å²) in [5.74, 6) is -0.692. The van der Waals surface area contributed by atoms with Crippen molar-refractivity contribution in [2.45, 2.75) is 19.3 Å². The van der Waals surface area contributed by atoms with Crippen LogP contribution in [0, 0.1) is 5.41 Å². The molecule has 5 amide bonds. The lowest BCUT2D eigenvalue weighted by atomic mass is 9.79. The lowest BCUT2D eigenvalue weighted by molar-refractivity contribution is -0.136. The first-order valence-corrected chi connectivity index (χ1v) is 11.0. The molecule has 172 valence electrons. The fourth-order valence-corrected chi connectivity index (χ4v) is 4.90. The molecule has 5 rings (SSSR count). The van der Waals surface area contributed by atoms with Gasteiger partial charge in [-0.25, -0.2) is 4.79 Å². The summed E-state index contributed by atoms with van der Waals surface area (Å²) >= 11 is 0. The van der Waals surface area contributed by atoms with Gasteiger partial charge in [-0.15, -0.1) is 0 Å². The Labute approximate surface area is 189 Å². The molecule has 2 aromatic rings. The number of urea groups is 1. The number of carbonyl (C=O) groups is 4. The number of aromatic nitrogens is 2. The molecule has 1 unspecified atom stereocenters. The molecule has 5 heterocycles. The molecule has 11 nitrogen and oxygen atoms in total. The maximum Gasteiger partial charge on any atom is 0.325 e. The van der Waals surface area contributed by atoms with E-state index in [0.717, 1.165) is 29.7 Å². The Bertz CT molecular complexity index is 1090. The number of imide groups is 1. The number of rotatable bonds is 4. The number of hydrogen-bond acceptors (Lipinski definition) is 7. The van der Waals surface area contributed by atoms with Gasteiger partial charge in [-0.05, 0) is 31.4 Å². The van der Waals surface area contributed by atoms with Crippen molar-refractivity contribution < 1.29 is 23.7 Å². The zero-order valence-electron chi connectivity index (χ0n) is 18.0. The van der Waals surface area contributed by atoms with E-state index >= 15 is 0 Å². The number of likely N-dealkylation sites (tertiary alicyclic amines) is 2. The summed E-state index contributed by atoms with van der Waals surface area (Å²) in [5.41, 5.74) is 1.12. The number of nitrogens with one attached hydrogen (secondary N) is 1. The van der Waals surface area contributed by atoms with Crippen LogP contribution in [0.15, 0.2) is 35.1 Å². The summed E-state index contributed by atoms with van der Waals surface area (Å²) < 4.78 is 5.33. The second kappa shape index (κ2) is 8.30. The maximum absolute atomic E-state index is 13.1. The number of hydrogen-bond donors (Lipinski definition) is 1. The number of amides is 5. The zero-order valence-corrected chi connectivity index (χ0v) is 18.0. The second-order valence-electron chi connectivity index (χ2n) is 8.85. The first kappa shape index (κ1) is 21.1. The molecule has 2 aromatic heterocycles. The van der Waals surface area contributed by atoms with Crippen molar-refractivity contribution >= 4 is 23.8 Å². The average molecular weight is 452 g/mol. The molecule has 0 radical (unpaired) electrons. The van der Waals surface area contributed by atoms with Crippen LogP contribution < -0.4 is 5.32 Å². The summed E-state index contributed by atoms with van der Waals surface area (Å²) in [5, 5.41) is 6.43. The van der Waals surface area contributed by atoms with Crippen molar-refractivity contribution in [3.8, 4) is 11.3 Å². The first-order valence-electron chi connectivity index (χ1n) is 11.0. The molecule has 33 heavy (non-hydrogen) atoms. The number of piperidine rings is 1. The second-order valence-corrected chi connectivity index (χ2v) is 8.85. The van der Waals surface area contributed by atoms with E-state index in [1.54, 1.807) is 34.3 Å². The maximum atomic E-state index is 13.1. The van der Waals surface area contributed by atoms with Crippen molar-refractivity contribution in [1.82, 2.24) is 30.2 Å². The van der Waals surface area contributed by atoms with Crippen LogP contribution in [0.25, 0.3) is 11.3 Å². The fraction of sp³-hybridized carbons (Fsp3) is 0.455. The summed E-state index contributed by atoms with van der Waals surface area (Å²) in [4.78, 5) is 57.8. The van der Waals surface area contributed by atoms with Crippen molar-refractivity contribution in [3.05, 3.63) is 36.4 Å².